The number of rotatable bonds is 5. The first-order valence-electron chi connectivity index (χ1n) is 5.90. The summed E-state index contributed by atoms with van der Waals surface area (Å²) in [4.78, 5) is 11.9. The number of amides is 1. The quantitative estimate of drug-likeness (QED) is 0.657. The molecule has 0 atom stereocenters. The molecule has 0 saturated heterocycles. The molecule has 0 aliphatic rings. The largest absolute Gasteiger partial charge is 0.326 e. The number of allylic oxidation sites excluding steroid dienone is 1. The van der Waals surface area contributed by atoms with E-state index in [2.05, 4.69) is 22.1 Å². The van der Waals surface area contributed by atoms with Gasteiger partial charge in [-0.2, -0.15) is 5.10 Å². The number of nitrogens with zero attached hydrogens (tertiary/aromatic N) is 2. The number of halogens is 1. The second kappa shape index (κ2) is 6.25. The lowest BCUT2D eigenvalue weighted by Gasteiger charge is -2.06. The molecule has 104 valence electrons. The molecule has 0 unspecified atom stereocenters. The van der Waals surface area contributed by atoms with Crippen LogP contribution < -0.4 is 5.32 Å². The number of carbonyl (C=O) groups excluding carboxylic acids is 1. The van der Waals surface area contributed by atoms with E-state index in [-0.39, 0.29) is 18.1 Å². The van der Waals surface area contributed by atoms with E-state index in [0.717, 1.165) is 0 Å². The van der Waals surface area contributed by atoms with Gasteiger partial charge in [-0.25, -0.2) is 4.39 Å². The summed E-state index contributed by atoms with van der Waals surface area (Å²) in [5, 5.41) is 9.31. The molecular weight excluding hydrogens is 279 g/mol. The molecule has 0 bridgehead atoms. The van der Waals surface area contributed by atoms with Gasteiger partial charge in [0.05, 0.1) is 6.42 Å². The fraction of sp³-hybridized carbons (Fsp3) is 0.154. The molecule has 2 N–H and O–H groups in total. The fourth-order valence-corrected chi connectivity index (χ4v) is 1.91. The standard InChI is InChI=1S/C13H13FN4OS/c1-2-7-18-11(16-17-13(18)20)8-12(19)15-10-5-3-9(14)4-6-10/h2-6H,1,7-8H2,(H,15,19)(H,17,20). The van der Waals surface area contributed by atoms with Crippen molar-refractivity contribution in [3.63, 3.8) is 0 Å². The molecule has 7 heteroatoms. The Bertz CT molecular complexity index is 674. The summed E-state index contributed by atoms with van der Waals surface area (Å²) < 4.78 is 14.9. The molecule has 1 aromatic heterocycles. The van der Waals surface area contributed by atoms with Gasteiger partial charge in [-0.05, 0) is 36.5 Å². The van der Waals surface area contributed by atoms with Crippen LogP contribution in [-0.2, 0) is 17.8 Å². The van der Waals surface area contributed by atoms with Gasteiger partial charge in [0.1, 0.15) is 11.6 Å². The van der Waals surface area contributed by atoms with Crippen LogP contribution in [0.4, 0.5) is 10.1 Å². The third-order valence-electron chi connectivity index (χ3n) is 2.60. The number of aromatic nitrogens is 3. The minimum absolute atomic E-state index is 0.0678. The van der Waals surface area contributed by atoms with Crippen LogP contribution in [0.25, 0.3) is 0 Å². The predicted octanol–water partition coefficient (Wildman–Crippen LogP) is 2.45. The van der Waals surface area contributed by atoms with Crippen molar-refractivity contribution in [1.82, 2.24) is 14.8 Å². The van der Waals surface area contributed by atoms with E-state index in [1.165, 1.54) is 24.3 Å². The van der Waals surface area contributed by atoms with Crippen molar-refractivity contribution < 1.29 is 9.18 Å². The van der Waals surface area contributed by atoms with Crippen LogP contribution in [0.2, 0.25) is 0 Å². The van der Waals surface area contributed by atoms with Crippen LogP contribution in [0, 0.1) is 10.6 Å². The van der Waals surface area contributed by atoms with E-state index in [1.54, 1.807) is 10.6 Å². The van der Waals surface area contributed by atoms with Gasteiger partial charge >= 0.3 is 0 Å². The van der Waals surface area contributed by atoms with Gasteiger partial charge in [-0.15, -0.1) is 6.58 Å². The summed E-state index contributed by atoms with van der Waals surface area (Å²) in [7, 11) is 0. The maximum atomic E-state index is 12.8. The number of anilines is 1. The van der Waals surface area contributed by atoms with Crippen molar-refractivity contribution >= 4 is 23.8 Å². The highest BCUT2D eigenvalue weighted by Crippen LogP contribution is 2.09. The first kappa shape index (κ1) is 14.1. The number of carbonyl (C=O) groups is 1. The van der Waals surface area contributed by atoms with E-state index in [9.17, 15) is 9.18 Å². The number of hydrogen-bond acceptors (Lipinski definition) is 3. The third kappa shape index (κ3) is 3.39. The molecule has 0 spiro atoms. The monoisotopic (exact) mass is 292 g/mol. The molecule has 2 rings (SSSR count). The van der Waals surface area contributed by atoms with Crippen molar-refractivity contribution in [2.45, 2.75) is 13.0 Å². The summed E-state index contributed by atoms with van der Waals surface area (Å²) in [5.74, 6) is -0.0831. The minimum Gasteiger partial charge on any atom is -0.326 e. The van der Waals surface area contributed by atoms with Crippen molar-refractivity contribution in [3.05, 3.63) is 53.3 Å². The zero-order chi connectivity index (χ0) is 14.5. The molecule has 0 saturated carbocycles. The van der Waals surface area contributed by atoms with Gasteiger partial charge in [0.25, 0.3) is 0 Å². The van der Waals surface area contributed by atoms with Gasteiger partial charge in [0.15, 0.2) is 4.77 Å². The number of benzene rings is 1. The number of H-pyrrole nitrogens is 1. The summed E-state index contributed by atoms with van der Waals surface area (Å²) in [6.07, 6.45) is 1.74. The summed E-state index contributed by atoms with van der Waals surface area (Å²) in [5.41, 5.74) is 0.529. The van der Waals surface area contributed by atoms with Gasteiger partial charge in [0, 0.05) is 12.2 Å². The molecule has 1 aromatic carbocycles. The van der Waals surface area contributed by atoms with Crippen LogP contribution in [0.5, 0.6) is 0 Å². The van der Waals surface area contributed by atoms with Gasteiger partial charge in [-0.3, -0.25) is 14.5 Å². The Labute approximate surface area is 120 Å². The zero-order valence-corrected chi connectivity index (χ0v) is 11.4. The molecule has 0 fully saturated rings. The third-order valence-corrected chi connectivity index (χ3v) is 2.91. The highest BCUT2D eigenvalue weighted by atomic mass is 32.1. The number of hydrogen-bond donors (Lipinski definition) is 2. The Morgan fingerprint density at radius 1 is 1.50 bits per heavy atom. The Morgan fingerprint density at radius 2 is 2.20 bits per heavy atom. The molecule has 0 aliphatic heterocycles. The fourth-order valence-electron chi connectivity index (χ4n) is 1.68. The number of nitrogens with one attached hydrogen (secondary N) is 2. The molecule has 5 nitrogen and oxygen atoms in total. The Hall–Kier alpha value is -2.28. The molecular formula is C13H13FN4OS. The molecule has 1 amide bonds. The van der Waals surface area contributed by atoms with Crippen LogP contribution in [0.15, 0.2) is 36.9 Å². The average Bonchev–Trinajstić information content (AvgIpc) is 2.75. The molecule has 1 heterocycles. The number of aromatic amines is 1. The molecule has 2 aromatic rings. The topological polar surface area (TPSA) is 62.7 Å². The summed E-state index contributed by atoms with van der Waals surface area (Å²) in [6, 6.07) is 5.55. The average molecular weight is 292 g/mol. The van der Waals surface area contributed by atoms with Gasteiger partial charge in [0.2, 0.25) is 5.91 Å². The van der Waals surface area contributed by atoms with E-state index in [0.29, 0.717) is 22.8 Å². The van der Waals surface area contributed by atoms with E-state index >= 15 is 0 Å². The Morgan fingerprint density at radius 3 is 2.85 bits per heavy atom. The zero-order valence-electron chi connectivity index (χ0n) is 10.6. The van der Waals surface area contributed by atoms with E-state index in [4.69, 9.17) is 12.2 Å². The van der Waals surface area contributed by atoms with Crippen molar-refractivity contribution in [1.29, 1.82) is 0 Å². The van der Waals surface area contributed by atoms with Crippen molar-refractivity contribution in [3.8, 4) is 0 Å². The Balaban J connectivity index is 2.06. The maximum Gasteiger partial charge on any atom is 0.232 e. The summed E-state index contributed by atoms with van der Waals surface area (Å²) >= 11 is 5.06. The molecule has 20 heavy (non-hydrogen) atoms. The second-order valence-electron chi connectivity index (χ2n) is 4.08. The molecule has 0 aliphatic carbocycles. The smallest absolute Gasteiger partial charge is 0.232 e. The maximum absolute atomic E-state index is 12.8. The predicted molar refractivity (Wildman–Crippen MR) is 76.3 cm³/mol. The highest BCUT2D eigenvalue weighted by molar-refractivity contribution is 7.71. The Kier molecular flexibility index (Phi) is 4.41. The van der Waals surface area contributed by atoms with Crippen molar-refractivity contribution in [2.24, 2.45) is 0 Å². The van der Waals surface area contributed by atoms with Crippen LogP contribution in [-0.4, -0.2) is 20.7 Å². The van der Waals surface area contributed by atoms with Crippen molar-refractivity contribution in [2.75, 3.05) is 5.32 Å². The first-order chi connectivity index (χ1) is 9.60. The highest BCUT2D eigenvalue weighted by Gasteiger charge is 2.10. The minimum atomic E-state index is -0.352. The SMILES string of the molecule is C=CCn1c(CC(=O)Nc2ccc(F)cc2)n[nH]c1=S. The van der Waals surface area contributed by atoms with Crippen LogP contribution in [0.1, 0.15) is 5.82 Å². The summed E-state index contributed by atoms with van der Waals surface area (Å²) in [6.45, 7) is 4.11. The van der Waals surface area contributed by atoms with Gasteiger partial charge in [-0.1, -0.05) is 6.08 Å². The van der Waals surface area contributed by atoms with Crippen LogP contribution >= 0.6 is 12.2 Å². The van der Waals surface area contributed by atoms with Crippen LogP contribution in [0.3, 0.4) is 0 Å². The van der Waals surface area contributed by atoms with E-state index < -0.39 is 0 Å². The van der Waals surface area contributed by atoms with Gasteiger partial charge < -0.3 is 5.32 Å². The lowest BCUT2D eigenvalue weighted by atomic mass is 10.3. The lowest BCUT2D eigenvalue weighted by molar-refractivity contribution is -0.115. The molecule has 0 radical (unpaired) electrons. The second-order valence-corrected chi connectivity index (χ2v) is 4.46. The lowest BCUT2D eigenvalue weighted by Crippen LogP contribution is -2.17. The normalized spacial score (nSPS) is 10.2. The first-order valence-corrected chi connectivity index (χ1v) is 6.31. The van der Waals surface area contributed by atoms with E-state index in [1.807, 2.05) is 0 Å².